The molecule has 0 bridgehead atoms. The Hall–Kier alpha value is -2.75. The number of amidine groups is 1. The fraction of sp³-hybridized carbons (Fsp3) is 0.154. The van der Waals surface area contributed by atoms with Crippen molar-refractivity contribution in [2.75, 3.05) is 13.7 Å². The van der Waals surface area contributed by atoms with Crippen molar-refractivity contribution < 1.29 is 19.0 Å². The summed E-state index contributed by atoms with van der Waals surface area (Å²) >= 11 is 8.33. The molecule has 35 heavy (non-hydrogen) atoms. The largest absolute Gasteiger partial charge is 0.497 e. The van der Waals surface area contributed by atoms with Gasteiger partial charge in [-0.1, -0.05) is 44.0 Å². The highest BCUT2D eigenvalue weighted by atomic mass is 79.9. The Morgan fingerprint density at radius 3 is 2.40 bits per heavy atom. The molecule has 1 aliphatic heterocycles. The highest BCUT2D eigenvalue weighted by Gasteiger charge is 2.24. The lowest BCUT2D eigenvalue weighted by molar-refractivity contribution is -0.115. The van der Waals surface area contributed by atoms with Gasteiger partial charge in [-0.3, -0.25) is 4.79 Å². The van der Waals surface area contributed by atoms with E-state index in [0.717, 1.165) is 31.5 Å². The topological polar surface area (TPSA) is 69.2 Å². The molecule has 1 amide bonds. The number of nitrogens with zero attached hydrogens (tertiary/aromatic N) is 1. The van der Waals surface area contributed by atoms with Crippen LogP contribution in [0.1, 0.15) is 18.1 Å². The highest BCUT2D eigenvalue weighted by molar-refractivity contribution is 9.10. The average Bonchev–Trinajstić information content (AvgIpc) is 3.20. The molecule has 1 fully saturated rings. The standard InChI is InChI=1S/C26H22Br2N2O4S/c1-3-33-22-12-17(21(28)14-23(22)34-15-16-4-6-18(27)7-5-16)13-24-25(31)30-26(35-24)29-19-8-10-20(32-2)11-9-19/h4-14H,3,15H2,1-2H3,(H,29,30,31)/b24-13+. The van der Waals surface area contributed by atoms with Crippen LogP contribution < -0.4 is 19.5 Å². The van der Waals surface area contributed by atoms with Crippen molar-refractivity contribution >= 4 is 66.5 Å². The van der Waals surface area contributed by atoms with E-state index in [-0.39, 0.29) is 5.91 Å². The molecule has 0 unspecified atom stereocenters. The number of carbonyl (C=O) groups is 1. The van der Waals surface area contributed by atoms with Crippen molar-refractivity contribution in [3.05, 3.63) is 85.6 Å². The molecule has 1 N–H and O–H groups in total. The Kier molecular flexibility index (Phi) is 8.54. The molecule has 1 heterocycles. The molecule has 0 spiro atoms. The normalized spacial score (nSPS) is 15.4. The van der Waals surface area contributed by atoms with Gasteiger partial charge in [0.25, 0.3) is 5.91 Å². The monoisotopic (exact) mass is 616 g/mol. The zero-order valence-electron chi connectivity index (χ0n) is 19.0. The Morgan fingerprint density at radius 1 is 1.00 bits per heavy atom. The Bertz CT molecular complexity index is 1280. The fourth-order valence-electron chi connectivity index (χ4n) is 3.18. The Balaban J connectivity index is 1.53. The summed E-state index contributed by atoms with van der Waals surface area (Å²) in [4.78, 5) is 17.6. The van der Waals surface area contributed by atoms with Gasteiger partial charge in [-0.15, -0.1) is 0 Å². The smallest absolute Gasteiger partial charge is 0.264 e. The molecule has 4 rings (SSSR count). The zero-order chi connectivity index (χ0) is 24.8. The van der Waals surface area contributed by atoms with Crippen molar-refractivity contribution in [1.82, 2.24) is 5.32 Å². The van der Waals surface area contributed by atoms with Gasteiger partial charge in [-0.2, -0.15) is 0 Å². The molecule has 180 valence electrons. The van der Waals surface area contributed by atoms with Gasteiger partial charge in [0.15, 0.2) is 16.7 Å². The molecule has 6 nitrogen and oxygen atoms in total. The van der Waals surface area contributed by atoms with Crippen LogP contribution in [0.4, 0.5) is 5.69 Å². The minimum atomic E-state index is -0.206. The van der Waals surface area contributed by atoms with Crippen LogP contribution in [0.2, 0.25) is 0 Å². The highest BCUT2D eigenvalue weighted by Crippen LogP contribution is 2.37. The maximum atomic E-state index is 12.6. The van der Waals surface area contributed by atoms with Gasteiger partial charge < -0.3 is 19.5 Å². The number of amides is 1. The third-order valence-electron chi connectivity index (χ3n) is 4.91. The molecular weight excluding hydrogens is 596 g/mol. The summed E-state index contributed by atoms with van der Waals surface area (Å²) in [6.07, 6.45) is 1.81. The molecule has 1 saturated heterocycles. The van der Waals surface area contributed by atoms with E-state index < -0.39 is 0 Å². The van der Waals surface area contributed by atoms with Gasteiger partial charge in [0.05, 0.1) is 24.3 Å². The van der Waals surface area contributed by atoms with Crippen LogP contribution in [-0.2, 0) is 11.4 Å². The molecule has 1 aliphatic rings. The zero-order valence-corrected chi connectivity index (χ0v) is 23.0. The number of thioether (sulfide) groups is 1. The number of nitrogens with one attached hydrogen (secondary N) is 1. The van der Waals surface area contributed by atoms with E-state index in [0.29, 0.717) is 34.8 Å². The van der Waals surface area contributed by atoms with E-state index in [4.69, 9.17) is 14.2 Å². The quantitative estimate of drug-likeness (QED) is 0.273. The summed E-state index contributed by atoms with van der Waals surface area (Å²) in [6.45, 7) is 2.81. The van der Waals surface area contributed by atoms with Crippen LogP contribution in [-0.4, -0.2) is 24.8 Å². The number of benzene rings is 3. The van der Waals surface area contributed by atoms with E-state index in [1.165, 1.54) is 11.8 Å². The van der Waals surface area contributed by atoms with Crippen LogP contribution in [0.25, 0.3) is 6.08 Å². The summed E-state index contributed by atoms with van der Waals surface area (Å²) in [7, 11) is 1.61. The third kappa shape index (κ3) is 6.68. The van der Waals surface area contributed by atoms with E-state index in [9.17, 15) is 4.79 Å². The lowest BCUT2D eigenvalue weighted by atomic mass is 10.1. The summed E-state index contributed by atoms with van der Waals surface area (Å²) in [5.41, 5.74) is 2.57. The molecule has 0 saturated carbocycles. The van der Waals surface area contributed by atoms with Crippen molar-refractivity contribution in [1.29, 1.82) is 0 Å². The predicted molar refractivity (Wildman–Crippen MR) is 148 cm³/mol. The second kappa shape index (κ2) is 11.8. The van der Waals surface area contributed by atoms with Crippen molar-refractivity contribution in [2.45, 2.75) is 13.5 Å². The number of carbonyl (C=O) groups excluding carboxylic acids is 1. The van der Waals surface area contributed by atoms with Gasteiger partial charge in [0.2, 0.25) is 0 Å². The molecule has 0 aromatic heterocycles. The lowest BCUT2D eigenvalue weighted by Gasteiger charge is -2.14. The lowest BCUT2D eigenvalue weighted by Crippen LogP contribution is -2.19. The number of halogens is 2. The maximum Gasteiger partial charge on any atom is 0.264 e. The van der Waals surface area contributed by atoms with Crippen molar-refractivity contribution in [3.63, 3.8) is 0 Å². The van der Waals surface area contributed by atoms with Gasteiger partial charge in [-0.25, -0.2) is 4.99 Å². The number of aliphatic imine (C=N–C) groups is 1. The van der Waals surface area contributed by atoms with Crippen LogP contribution in [0, 0.1) is 0 Å². The summed E-state index contributed by atoms with van der Waals surface area (Å²) in [6, 6.07) is 19.0. The van der Waals surface area contributed by atoms with Crippen LogP contribution in [0.15, 0.2) is 79.5 Å². The summed E-state index contributed by atoms with van der Waals surface area (Å²) in [5, 5.41) is 3.33. The molecule has 9 heteroatoms. The van der Waals surface area contributed by atoms with E-state index >= 15 is 0 Å². The number of ether oxygens (including phenoxy) is 3. The summed E-state index contributed by atoms with van der Waals surface area (Å²) in [5.74, 6) is 1.77. The average molecular weight is 618 g/mol. The third-order valence-corrected chi connectivity index (χ3v) is 7.04. The maximum absolute atomic E-state index is 12.6. The first-order valence-corrected chi connectivity index (χ1v) is 13.1. The number of hydrogen-bond donors (Lipinski definition) is 1. The van der Waals surface area contributed by atoms with Gasteiger partial charge in [0.1, 0.15) is 12.4 Å². The first-order valence-electron chi connectivity index (χ1n) is 10.7. The molecule has 0 atom stereocenters. The van der Waals surface area contributed by atoms with E-state index in [2.05, 4.69) is 42.2 Å². The van der Waals surface area contributed by atoms with Gasteiger partial charge in [-0.05, 0) is 84.4 Å². The SMILES string of the molecule is CCOc1cc(/C=C2/SC(=Nc3ccc(OC)cc3)NC2=O)c(Br)cc1OCc1ccc(Br)cc1. The fourth-order valence-corrected chi connectivity index (χ4v) is 4.71. The number of hydrogen-bond acceptors (Lipinski definition) is 6. The second-order valence-electron chi connectivity index (χ2n) is 7.35. The Morgan fingerprint density at radius 2 is 1.71 bits per heavy atom. The van der Waals surface area contributed by atoms with Crippen LogP contribution >= 0.6 is 43.6 Å². The number of rotatable bonds is 8. The van der Waals surface area contributed by atoms with E-state index in [1.807, 2.05) is 73.7 Å². The molecular formula is C26H22Br2N2O4S. The molecule has 3 aromatic carbocycles. The molecule has 3 aromatic rings. The van der Waals surface area contributed by atoms with Crippen LogP contribution in [0.3, 0.4) is 0 Å². The van der Waals surface area contributed by atoms with Crippen molar-refractivity contribution in [3.8, 4) is 17.2 Å². The number of methoxy groups -OCH3 is 1. The second-order valence-corrected chi connectivity index (χ2v) is 10.1. The van der Waals surface area contributed by atoms with E-state index in [1.54, 1.807) is 7.11 Å². The Labute approximate surface area is 225 Å². The summed E-state index contributed by atoms with van der Waals surface area (Å²) < 4.78 is 18.8. The minimum Gasteiger partial charge on any atom is -0.497 e. The predicted octanol–water partition coefficient (Wildman–Crippen LogP) is 7.09. The first kappa shape index (κ1) is 25.3. The van der Waals surface area contributed by atoms with Gasteiger partial charge >= 0.3 is 0 Å². The van der Waals surface area contributed by atoms with Crippen LogP contribution in [0.5, 0.6) is 17.2 Å². The van der Waals surface area contributed by atoms with Gasteiger partial charge in [0, 0.05) is 8.95 Å². The first-order chi connectivity index (χ1) is 16.9. The minimum absolute atomic E-state index is 0.206. The van der Waals surface area contributed by atoms with Crippen molar-refractivity contribution in [2.24, 2.45) is 4.99 Å². The molecule has 0 aliphatic carbocycles. The molecule has 0 radical (unpaired) electrons.